The highest BCUT2D eigenvalue weighted by atomic mass is 16.3. The van der Waals surface area contributed by atoms with E-state index in [1.54, 1.807) is 0 Å². The highest BCUT2D eigenvalue weighted by Gasteiger charge is 2.47. The molecule has 0 aromatic carbocycles. The lowest BCUT2D eigenvalue weighted by Gasteiger charge is -2.49. The average molecular weight is 409 g/mol. The van der Waals surface area contributed by atoms with E-state index in [2.05, 4.69) is 39.9 Å². The number of nitrogens with one attached hydrogen (secondary N) is 1. The Kier molecular flexibility index (Phi) is 9.47. The molecule has 0 aromatic rings. The van der Waals surface area contributed by atoms with Crippen molar-refractivity contribution in [1.82, 2.24) is 10.2 Å². The number of piperidine rings is 1. The first-order valence-corrected chi connectivity index (χ1v) is 12.4. The number of rotatable bonds is 12. The van der Waals surface area contributed by atoms with E-state index in [1.807, 2.05) is 4.90 Å². The first-order valence-electron chi connectivity index (χ1n) is 12.4. The van der Waals surface area contributed by atoms with Gasteiger partial charge in [-0.3, -0.25) is 4.79 Å². The summed E-state index contributed by atoms with van der Waals surface area (Å²) >= 11 is 0. The number of hydrogen-bond acceptors (Lipinski definition) is 3. The van der Waals surface area contributed by atoms with Gasteiger partial charge in [0.15, 0.2) is 0 Å². The Labute approximate surface area is 180 Å². The van der Waals surface area contributed by atoms with Gasteiger partial charge in [0.25, 0.3) is 0 Å². The van der Waals surface area contributed by atoms with Gasteiger partial charge in [-0.05, 0) is 47.0 Å². The molecule has 2 rings (SSSR count). The molecule has 0 saturated carbocycles. The lowest BCUT2D eigenvalue weighted by Crippen LogP contribution is -2.63. The van der Waals surface area contributed by atoms with Gasteiger partial charge in [-0.15, -0.1) is 0 Å². The van der Waals surface area contributed by atoms with Crippen LogP contribution in [0.5, 0.6) is 0 Å². The molecule has 2 heterocycles. The minimum Gasteiger partial charge on any atom is -0.373 e. The second kappa shape index (κ2) is 11.1. The Balaban J connectivity index is 1.69. The second-order valence-corrected chi connectivity index (χ2v) is 11.1. The predicted molar refractivity (Wildman–Crippen MR) is 122 cm³/mol. The van der Waals surface area contributed by atoms with Crippen LogP contribution < -0.4 is 5.32 Å². The number of aliphatic hydroxyl groups excluding tert-OH is 1. The van der Waals surface area contributed by atoms with Crippen LogP contribution in [0.25, 0.3) is 0 Å². The molecule has 0 radical (unpaired) electrons. The Morgan fingerprint density at radius 2 is 1.38 bits per heavy atom. The molecule has 2 aliphatic rings. The van der Waals surface area contributed by atoms with Gasteiger partial charge in [0.05, 0.1) is 0 Å². The quantitative estimate of drug-likeness (QED) is 0.403. The number of likely N-dealkylation sites (tertiary alicyclic amines) is 1. The van der Waals surface area contributed by atoms with E-state index in [9.17, 15) is 9.90 Å². The van der Waals surface area contributed by atoms with Gasteiger partial charge in [-0.25, -0.2) is 0 Å². The molecular formula is C25H48N2O2. The van der Waals surface area contributed by atoms with Crippen LogP contribution in [-0.2, 0) is 4.79 Å². The van der Waals surface area contributed by atoms with Crippen molar-refractivity contribution in [1.29, 1.82) is 0 Å². The SMILES string of the molecule is CCCCCCCCCCCCC1CC(O)N(C2CC(C)(C)NC(C)(C)C2)C1=O. The number of nitrogens with zero attached hydrogens (tertiary/aromatic N) is 1. The van der Waals surface area contributed by atoms with Crippen LogP contribution in [0.4, 0.5) is 0 Å². The van der Waals surface area contributed by atoms with E-state index in [0.717, 1.165) is 25.7 Å². The summed E-state index contributed by atoms with van der Waals surface area (Å²) < 4.78 is 0. The summed E-state index contributed by atoms with van der Waals surface area (Å²) in [4.78, 5) is 14.9. The van der Waals surface area contributed by atoms with E-state index in [1.165, 1.54) is 57.8 Å². The zero-order valence-corrected chi connectivity index (χ0v) is 19.9. The summed E-state index contributed by atoms with van der Waals surface area (Å²) in [5, 5.41) is 14.3. The molecule has 2 aliphatic heterocycles. The number of carbonyl (C=O) groups is 1. The largest absolute Gasteiger partial charge is 0.373 e. The first kappa shape index (κ1) is 24.7. The van der Waals surface area contributed by atoms with Gasteiger partial charge in [-0.2, -0.15) is 0 Å². The summed E-state index contributed by atoms with van der Waals surface area (Å²) in [6, 6.07) is 0.140. The maximum Gasteiger partial charge on any atom is 0.228 e. The van der Waals surface area contributed by atoms with Gasteiger partial charge in [0.2, 0.25) is 5.91 Å². The van der Waals surface area contributed by atoms with Crippen LogP contribution in [0.2, 0.25) is 0 Å². The minimum atomic E-state index is -0.592. The summed E-state index contributed by atoms with van der Waals surface area (Å²) in [7, 11) is 0. The smallest absolute Gasteiger partial charge is 0.228 e. The number of aliphatic hydroxyl groups is 1. The fourth-order valence-electron chi connectivity index (χ4n) is 5.83. The monoisotopic (exact) mass is 408 g/mol. The van der Waals surface area contributed by atoms with Crippen LogP contribution >= 0.6 is 0 Å². The molecule has 2 fully saturated rings. The minimum absolute atomic E-state index is 0.0129. The average Bonchev–Trinajstić information content (AvgIpc) is 2.87. The summed E-state index contributed by atoms with van der Waals surface area (Å²) in [5.74, 6) is 0.229. The summed E-state index contributed by atoms with van der Waals surface area (Å²) in [5.41, 5.74) is -0.0257. The summed E-state index contributed by atoms with van der Waals surface area (Å²) in [6.07, 6.45) is 16.0. The third-order valence-electron chi connectivity index (χ3n) is 6.89. The van der Waals surface area contributed by atoms with Crippen LogP contribution in [0.1, 0.15) is 125 Å². The van der Waals surface area contributed by atoms with Gasteiger partial charge in [-0.1, -0.05) is 71.1 Å². The van der Waals surface area contributed by atoms with E-state index in [0.29, 0.717) is 6.42 Å². The zero-order valence-electron chi connectivity index (χ0n) is 19.9. The standard InChI is InChI=1S/C25H48N2O2/c1-6-7-8-9-10-11-12-13-14-15-16-20-17-22(28)27(23(20)29)21-18-24(2,3)26-25(4,5)19-21/h20-22,26,28H,6-19H2,1-5H3. The predicted octanol–water partition coefficient (Wildman–Crippen LogP) is 5.77. The molecule has 2 saturated heterocycles. The highest BCUT2D eigenvalue weighted by Crippen LogP contribution is 2.37. The Hall–Kier alpha value is -0.610. The number of unbranched alkanes of at least 4 members (excludes halogenated alkanes) is 9. The van der Waals surface area contributed by atoms with E-state index in [4.69, 9.17) is 0 Å². The first-order chi connectivity index (χ1) is 13.7. The molecule has 29 heavy (non-hydrogen) atoms. The molecule has 2 atom stereocenters. The third kappa shape index (κ3) is 7.86. The molecule has 0 aromatic heterocycles. The fourth-order valence-corrected chi connectivity index (χ4v) is 5.83. The molecular weight excluding hydrogens is 360 g/mol. The second-order valence-electron chi connectivity index (χ2n) is 11.1. The Morgan fingerprint density at radius 3 is 1.90 bits per heavy atom. The van der Waals surface area contributed by atoms with Crippen LogP contribution in [0.15, 0.2) is 0 Å². The molecule has 0 aliphatic carbocycles. The fraction of sp³-hybridized carbons (Fsp3) is 0.960. The van der Waals surface area contributed by atoms with Crippen molar-refractivity contribution in [3.63, 3.8) is 0 Å². The summed E-state index contributed by atoms with van der Waals surface area (Å²) in [6.45, 7) is 11.1. The molecule has 2 N–H and O–H groups in total. The van der Waals surface area contributed by atoms with Gasteiger partial charge >= 0.3 is 0 Å². The lowest BCUT2D eigenvalue weighted by atomic mass is 9.79. The van der Waals surface area contributed by atoms with Crippen molar-refractivity contribution in [2.45, 2.75) is 148 Å². The maximum absolute atomic E-state index is 13.1. The van der Waals surface area contributed by atoms with Gasteiger partial charge in [0, 0.05) is 29.5 Å². The van der Waals surface area contributed by atoms with Crippen molar-refractivity contribution >= 4 is 5.91 Å². The number of hydrogen-bond donors (Lipinski definition) is 2. The van der Waals surface area contributed by atoms with Crippen LogP contribution in [0.3, 0.4) is 0 Å². The lowest BCUT2D eigenvalue weighted by molar-refractivity contribution is -0.141. The van der Waals surface area contributed by atoms with Crippen LogP contribution in [-0.4, -0.2) is 39.3 Å². The Morgan fingerprint density at radius 1 is 0.897 bits per heavy atom. The molecule has 1 amide bonds. The molecule has 0 spiro atoms. The van der Waals surface area contributed by atoms with Gasteiger partial charge < -0.3 is 15.3 Å². The van der Waals surface area contributed by atoms with Crippen molar-refractivity contribution in [2.24, 2.45) is 5.92 Å². The highest BCUT2D eigenvalue weighted by molar-refractivity contribution is 5.81. The topological polar surface area (TPSA) is 52.6 Å². The zero-order chi connectivity index (χ0) is 21.5. The van der Waals surface area contributed by atoms with E-state index >= 15 is 0 Å². The van der Waals surface area contributed by atoms with Crippen molar-refractivity contribution < 1.29 is 9.90 Å². The van der Waals surface area contributed by atoms with Gasteiger partial charge in [0.1, 0.15) is 6.23 Å². The molecule has 0 bridgehead atoms. The van der Waals surface area contributed by atoms with Crippen molar-refractivity contribution in [2.75, 3.05) is 0 Å². The third-order valence-corrected chi connectivity index (χ3v) is 6.89. The Bertz CT molecular complexity index is 487. The number of carbonyl (C=O) groups excluding carboxylic acids is 1. The van der Waals surface area contributed by atoms with Crippen molar-refractivity contribution in [3.8, 4) is 0 Å². The van der Waals surface area contributed by atoms with E-state index < -0.39 is 6.23 Å². The normalized spacial score (nSPS) is 27.0. The molecule has 4 heteroatoms. The molecule has 4 nitrogen and oxygen atoms in total. The van der Waals surface area contributed by atoms with Crippen molar-refractivity contribution in [3.05, 3.63) is 0 Å². The molecule has 170 valence electrons. The van der Waals surface area contributed by atoms with E-state index in [-0.39, 0.29) is 28.9 Å². The maximum atomic E-state index is 13.1. The van der Waals surface area contributed by atoms with Crippen LogP contribution in [0, 0.1) is 5.92 Å². The number of amides is 1. The molecule has 2 unspecified atom stereocenters.